The van der Waals surface area contributed by atoms with Crippen LogP contribution in [0.5, 0.6) is 0 Å². The molecule has 0 aromatic carbocycles. The van der Waals surface area contributed by atoms with Gasteiger partial charge in [-0.05, 0) is 13.8 Å². The minimum absolute atomic E-state index is 0.0300. The minimum Gasteiger partial charge on any atom is -0.394 e. The third-order valence-corrected chi connectivity index (χ3v) is 2.74. The summed E-state index contributed by atoms with van der Waals surface area (Å²) in [5, 5.41) is 9.24. The molecule has 0 aliphatic rings. The fraction of sp³-hybridized carbons (Fsp3) is 0.500. The SMILES string of the molecule is CN(c1cnc(C(N)=S)cn1)C(C)(C)CO. The number of rotatable bonds is 4. The molecule has 0 aliphatic heterocycles. The highest BCUT2D eigenvalue weighted by molar-refractivity contribution is 7.80. The van der Waals surface area contributed by atoms with Gasteiger partial charge in [0.2, 0.25) is 0 Å². The molecule has 0 bridgehead atoms. The number of hydrogen-bond acceptors (Lipinski definition) is 5. The zero-order valence-electron chi connectivity index (χ0n) is 9.64. The van der Waals surface area contributed by atoms with Crippen LogP contribution in [0.3, 0.4) is 0 Å². The number of anilines is 1. The van der Waals surface area contributed by atoms with Crippen LogP contribution in [-0.4, -0.2) is 39.3 Å². The average molecular weight is 240 g/mol. The van der Waals surface area contributed by atoms with Gasteiger partial charge in [0.15, 0.2) is 0 Å². The average Bonchev–Trinajstić information content (AvgIpc) is 2.28. The van der Waals surface area contributed by atoms with E-state index in [-0.39, 0.29) is 17.1 Å². The Balaban J connectivity index is 2.94. The maximum absolute atomic E-state index is 9.24. The van der Waals surface area contributed by atoms with Crippen molar-refractivity contribution in [1.82, 2.24) is 9.97 Å². The molecule has 0 atom stereocenters. The number of aliphatic hydroxyl groups is 1. The summed E-state index contributed by atoms with van der Waals surface area (Å²) < 4.78 is 0. The van der Waals surface area contributed by atoms with Crippen LogP contribution in [0.4, 0.5) is 5.82 Å². The first kappa shape index (κ1) is 12.8. The van der Waals surface area contributed by atoms with E-state index in [9.17, 15) is 5.11 Å². The molecule has 0 saturated carbocycles. The quantitative estimate of drug-likeness (QED) is 0.738. The van der Waals surface area contributed by atoms with Crippen LogP contribution in [0.15, 0.2) is 12.4 Å². The summed E-state index contributed by atoms with van der Waals surface area (Å²) in [6, 6.07) is 0. The van der Waals surface area contributed by atoms with E-state index in [4.69, 9.17) is 18.0 Å². The van der Waals surface area contributed by atoms with Crippen molar-refractivity contribution in [1.29, 1.82) is 0 Å². The van der Waals surface area contributed by atoms with Gasteiger partial charge < -0.3 is 15.7 Å². The van der Waals surface area contributed by atoms with Crippen molar-refractivity contribution in [3.63, 3.8) is 0 Å². The van der Waals surface area contributed by atoms with Crippen molar-refractivity contribution in [2.45, 2.75) is 19.4 Å². The van der Waals surface area contributed by atoms with Gasteiger partial charge in [0.1, 0.15) is 16.5 Å². The molecular weight excluding hydrogens is 224 g/mol. The Labute approximate surface area is 100 Å². The first-order chi connectivity index (χ1) is 7.38. The predicted octanol–water partition coefficient (Wildman–Crippen LogP) is 0.318. The number of thiocarbonyl (C=S) groups is 1. The third-order valence-electron chi connectivity index (χ3n) is 2.53. The van der Waals surface area contributed by atoms with E-state index in [1.165, 1.54) is 6.20 Å². The second kappa shape index (κ2) is 4.71. The highest BCUT2D eigenvalue weighted by Crippen LogP contribution is 2.18. The van der Waals surface area contributed by atoms with Gasteiger partial charge >= 0.3 is 0 Å². The molecule has 6 heteroatoms. The van der Waals surface area contributed by atoms with Crippen LogP contribution in [0, 0.1) is 0 Å². The van der Waals surface area contributed by atoms with Crippen molar-refractivity contribution in [2.24, 2.45) is 5.73 Å². The Morgan fingerprint density at radius 3 is 2.50 bits per heavy atom. The van der Waals surface area contributed by atoms with Gasteiger partial charge in [-0.3, -0.25) is 0 Å². The lowest BCUT2D eigenvalue weighted by Gasteiger charge is -2.34. The van der Waals surface area contributed by atoms with E-state index >= 15 is 0 Å². The lowest BCUT2D eigenvalue weighted by atomic mass is 10.1. The Morgan fingerprint density at radius 2 is 2.12 bits per heavy atom. The van der Waals surface area contributed by atoms with Gasteiger partial charge in [0.05, 0.1) is 24.5 Å². The molecule has 1 aromatic rings. The first-order valence-electron chi connectivity index (χ1n) is 4.85. The van der Waals surface area contributed by atoms with Crippen molar-refractivity contribution in [2.75, 3.05) is 18.6 Å². The van der Waals surface area contributed by atoms with Gasteiger partial charge in [-0.2, -0.15) is 0 Å². The van der Waals surface area contributed by atoms with Gasteiger partial charge in [-0.1, -0.05) is 12.2 Å². The van der Waals surface area contributed by atoms with E-state index in [0.29, 0.717) is 11.5 Å². The topological polar surface area (TPSA) is 75.3 Å². The van der Waals surface area contributed by atoms with Crippen molar-refractivity contribution >= 4 is 23.0 Å². The molecule has 0 fully saturated rings. The normalized spacial score (nSPS) is 11.2. The Kier molecular flexibility index (Phi) is 3.77. The third kappa shape index (κ3) is 2.65. The summed E-state index contributed by atoms with van der Waals surface area (Å²) in [5.74, 6) is 0.666. The summed E-state index contributed by atoms with van der Waals surface area (Å²) in [6.07, 6.45) is 3.12. The molecule has 1 heterocycles. The number of nitrogens with zero attached hydrogens (tertiary/aromatic N) is 3. The summed E-state index contributed by atoms with van der Waals surface area (Å²) >= 11 is 4.79. The van der Waals surface area contributed by atoms with Crippen LogP contribution in [0.1, 0.15) is 19.5 Å². The molecular formula is C10H16N4OS. The molecule has 0 radical (unpaired) electrons. The Bertz CT molecular complexity index is 377. The highest BCUT2D eigenvalue weighted by atomic mass is 32.1. The number of hydrogen-bond donors (Lipinski definition) is 2. The van der Waals surface area contributed by atoms with E-state index < -0.39 is 0 Å². The van der Waals surface area contributed by atoms with E-state index in [1.807, 2.05) is 25.8 Å². The molecule has 0 unspecified atom stereocenters. The molecule has 3 N–H and O–H groups in total. The van der Waals surface area contributed by atoms with Crippen molar-refractivity contribution in [3.05, 3.63) is 18.1 Å². The lowest BCUT2D eigenvalue weighted by Crippen LogP contribution is -2.44. The largest absolute Gasteiger partial charge is 0.394 e. The number of aliphatic hydroxyl groups excluding tert-OH is 1. The van der Waals surface area contributed by atoms with Crippen LogP contribution in [0.2, 0.25) is 0 Å². The van der Waals surface area contributed by atoms with Crippen LogP contribution in [-0.2, 0) is 0 Å². The first-order valence-corrected chi connectivity index (χ1v) is 5.26. The van der Waals surface area contributed by atoms with Gasteiger partial charge in [0, 0.05) is 7.05 Å². The molecule has 88 valence electrons. The van der Waals surface area contributed by atoms with Gasteiger partial charge in [-0.25, -0.2) is 9.97 Å². The van der Waals surface area contributed by atoms with Crippen molar-refractivity contribution in [3.8, 4) is 0 Å². The second-order valence-electron chi connectivity index (χ2n) is 4.15. The monoisotopic (exact) mass is 240 g/mol. The number of aromatic nitrogens is 2. The van der Waals surface area contributed by atoms with Crippen LogP contribution < -0.4 is 10.6 Å². The maximum atomic E-state index is 9.24. The number of likely N-dealkylation sites (N-methyl/N-ethyl adjacent to an activating group) is 1. The van der Waals surface area contributed by atoms with E-state index in [1.54, 1.807) is 6.20 Å². The predicted molar refractivity (Wildman–Crippen MR) is 67.5 cm³/mol. The molecule has 1 rings (SSSR count). The molecule has 0 aliphatic carbocycles. The Morgan fingerprint density at radius 1 is 1.50 bits per heavy atom. The lowest BCUT2D eigenvalue weighted by molar-refractivity contribution is 0.215. The standard InChI is InChI=1S/C10H16N4OS/c1-10(2,6-15)14(3)8-5-12-7(4-13-8)9(11)16/h4-5,15H,6H2,1-3H3,(H2,11,16). The number of nitrogens with two attached hydrogens (primary N) is 1. The molecule has 1 aromatic heterocycles. The highest BCUT2D eigenvalue weighted by Gasteiger charge is 2.23. The zero-order chi connectivity index (χ0) is 12.3. The Hall–Kier alpha value is -1.27. The second-order valence-corrected chi connectivity index (χ2v) is 4.59. The van der Waals surface area contributed by atoms with Crippen LogP contribution in [0.25, 0.3) is 0 Å². The molecule has 5 nitrogen and oxygen atoms in total. The maximum Gasteiger partial charge on any atom is 0.147 e. The summed E-state index contributed by atoms with van der Waals surface area (Å²) in [7, 11) is 1.85. The van der Waals surface area contributed by atoms with Crippen molar-refractivity contribution < 1.29 is 5.11 Å². The zero-order valence-corrected chi connectivity index (χ0v) is 10.5. The summed E-state index contributed by atoms with van der Waals surface area (Å²) in [4.78, 5) is 10.4. The fourth-order valence-corrected chi connectivity index (χ4v) is 1.14. The molecule has 0 amide bonds. The van der Waals surface area contributed by atoms with Crippen LogP contribution >= 0.6 is 12.2 Å². The summed E-state index contributed by atoms with van der Waals surface area (Å²) in [5.41, 5.74) is 5.53. The molecule has 0 spiro atoms. The molecule has 16 heavy (non-hydrogen) atoms. The van der Waals surface area contributed by atoms with E-state index in [0.717, 1.165) is 0 Å². The smallest absolute Gasteiger partial charge is 0.147 e. The minimum atomic E-state index is -0.389. The van der Waals surface area contributed by atoms with E-state index in [2.05, 4.69) is 9.97 Å². The van der Waals surface area contributed by atoms with Gasteiger partial charge in [0.25, 0.3) is 0 Å². The van der Waals surface area contributed by atoms with Gasteiger partial charge in [-0.15, -0.1) is 0 Å². The fourth-order valence-electron chi connectivity index (χ4n) is 1.04. The molecule has 0 saturated heterocycles. The summed E-state index contributed by atoms with van der Waals surface area (Å²) in [6.45, 7) is 3.86.